The largest absolute Gasteiger partial charge is 0.507 e. The standard InChI is InChI=1S/C26H25Cl2NO4/c1-14-15(2)25(32)23(16(3)24(14)31)18(20-13-17(27)10-11-21(20)28)8-6-12-29-26(33)19-7-4-5-9-22(19)30/h4-5,7,9-11,13,18,30H,6,8,12H2,1-3H3,(H,29,33). The van der Waals surface area contributed by atoms with Gasteiger partial charge in [0.15, 0.2) is 11.6 Å². The van der Waals surface area contributed by atoms with Crippen LogP contribution < -0.4 is 5.32 Å². The Kier molecular flexibility index (Phi) is 7.77. The Morgan fingerprint density at radius 2 is 1.64 bits per heavy atom. The number of ketones is 2. The van der Waals surface area contributed by atoms with Crippen LogP contribution in [-0.4, -0.2) is 29.1 Å². The second kappa shape index (κ2) is 10.4. The summed E-state index contributed by atoms with van der Waals surface area (Å²) < 4.78 is 0. The number of nitrogens with one attached hydrogen (secondary N) is 1. The van der Waals surface area contributed by atoms with Gasteiger partial charge in [0.25, 0.3) is 5.91 Å². The van der Waals surface area contributed by atoms with Gasteiger partial charge in [0.05, 0.1) is 5.56 Å². The summed E-state index contributed by atoms with van der Waals surface area (Å²) in [7, 11) is 0. The molecule has 1 atom stereocenters. The third-order valence-electron chi connectivity index (χ3n) is 6.02. The molecule has 0 fully saturated rings. The van der Waals surface area contributed by atoms with E-state index in [9.17, 15) is 19.5 Å². The molecule has 0 bridgehead atoms. The maximum Gasteiger partial charge on any atom is 0.255 e. The van der Waals surface area contributed by atoms with Crippen LogP contribution in [-0.2, 0) is 9.59 Å². The number of allylic oxidation sites excluding steroid dienone is 4. The summed E-state index contributed by atoms with van der Waals surface area (Å²) in [5.41, 5.74) is 2.55. The molecule has 0 radical (unpaired) electrons. The summed E-state index contributed by atoms with van der Waals surface area (Å²) in [6.07, 6.45) is 0.964. The maximum atomic E-state index is 13.2. The van der Waals surface area contributed by atoms with E-state index in [1.54, 1.807) is 51.1 Å². The van der Waals surface area contributed by atoms with Crippen molar-refractivity contribution in [3.8, 4) is 5.75 Å². The van der Waals surface area contributed by atoms with Crippen molar-refractivity contribution in [1.82, 2.24) is 5.32 Å². The third kappa shape index (κ3) is 5.21. The molecule has 1 unspecified atom stereocenters. The van der Waals surface area contributed by atoms with Crippen LogP contribution in [0.3, 0.4) is 0 Å². The number of benzene rings is 2. The van der Waals surface area contributed by atoms with Gasteiger partial charge in [-0.05, 0) is 69.5 Å². The smallest absolute Gasteiger partial charge is 0.255 e. The van der Waals surface area contributed by atoms with Crippen LogP contribution in [0.1, 0.15) is 55.5 Å². The average molecular weight is 486 g/mol. The van der Waals surface area contributed by atoms with Crippen molar-refractivity contribution in [1.29, 1.82) is 0 Å². The topological polar surface area (TPSA) is 83.5 Å². The van der Waals surface area contributed by atoms with Gasteiger partial charge in [-0.15, -0.1) is 0 Å². The number of hydrogen-bond acceptors (Lipinski definition) is 4. The lowest BCUT2D eigenvalue weighted by molar-refractivity contribution is -0.116. The summed E-state index contributed by atoms with van der Waals surface area (Å²) in [5.74, 6) is -1.28. The van der Waals surface area contributed by atoms with E-state index < -0.39 is 5.92 Å². The van der Waals surface area contributed by atoms with Crippen LogP contribution in [0.25, 0.3) is 0 Å². The molecule has 7 heteroatoms. The molecule has 0 saturated heterocycles. The number of amides is 1. The van der Waals surface area contributed by atoms with Crippen molar-refractivity contribution in [2.24, 2.45) is 0 Å². The number of carbonyl (C=O) groups is 3. The molecule has 5 nitrogen and oxygen atoms in total. The van der Waals surface area contributed by atoms with Crippen molar-refractivity contribution in [2.45, 2.75) is 39.5 Å². The minimum absolute atomic E-state index is 0.0942. The van der Waals surface area contributed by atoms with E-state index in [1.807, 2.05) is 0 Å². The van der Waals surface area contributed by atoms with Crippen LogP contribution >= 0.6 is 23.2 Å². The fourth-order valence-electron chi connectivity index (χ4n) is 4.04. The Labute approximate surface area is 203 Å². The summed E-state index contributed by atoms with van der Waals surface area (Å²) in [6, 6.07) is 11.4. The van der Waals surface area contributed by atoms with E-state index in [-0.39, 0.29) is 28.8 Å². The number of phenolic OH excluding ortho intramolecular Hbond substituents is 1. The Morgan fingerprint density at radius 3 is 2.33 bits per heavy atom. The predicted molar refractivity (Wildman–Crippen MR) is 130 cm³/mol. The lowest BCUT2D eigenvalue weighted by Gasteiger charge is -2.27. The summed E-state index contributed by atoms with van der Waals surface area (Å²) in [5, 5.41) is 13.6. The summed E-state index contributed by atoms with van der Waals surface area (Å²) in [6.45, 7) is 5.29. The molecule has 2 aromatic carbocycles. The molecule has 33 heavy (non-hydrogen) atoms. The lowest BCUT2D eigenvalue weighted by Crippen LogP contribution is -2.27. The lowest BCUT2D eigenvalue weighted by atomic mass is 9.76. The minimum Gasteiger partial charge on any atom is -0.507 e. The number of para-hydroxylation sites is 1. The van der Waals surface area contributed by atoms with Crippen LogP contribution in [0.15, 0.2) is 64.8 Å². The quantitative estimate of drug-likeness (QED) is 0.383. The molecule has 2 aromatic rings. The number of carbonyl (C=O) groups excluding carboxylic acids is 3. The molecule has 0 aromatic heterocycles. The van der Waals surface area contributed by atoms with E-state index in [4.69, 9.17) is 23.2 Å². The predicted octanol–water partition coefficient (Wildman–Crippen LogP) is 5.80. The molecule has 172 valence electrons. The second-order valence-corrected chi connectivity index (χ2v) is 8.92. The SMILES string of the molecule is CC1=C(C)C(=O)C(C(CCCNC(=O)c2ccccc2O)c2cc(Cl)ccc2Cl)=C(C)C1=O. The molecule has 1 aliphatic rings. The van der Waals surface area contributed by atoms with E-state index >= 15 is 0 Å². The molecule has 0 spiro atoms. The molecule has 1 amide bonds. The first-order valence-corrected chi connectivity index (χ1v) is 11.4. The highest BCUT2D eigenvalue weighted by molar-refractivity contribution is 6.34. The van der Waals surface area contributed by atoms with Gasteiger partial charge in [-0.1, -0.05) is 35.3 Å². The van der Waals surface area contributed by atoms with Crippen LogP contribution in [0, 0.1) is 0 Å². The zero-order valence-corrected chi connectivity index (χ0v) is 20.2. The van der Waals surface area contributed by atoms with Gasteiger partial charge in [0, 0.05) is 44.8 Å². The number of phenols is 1. The van der Waals surface area contributed by atoms with E-state index in [0.29, 0.717) is 57.3 Å². The van der Waals surface area contributed by atoms with Gasteiger partial charge in [-0.25, -0.2) is 0 Å². The Morgan fingerprint density at radius 1 is 0.970 bits per heavy atom. The van der Waals surface area contributed by atoms with Crippen LogP contribution in [0.4, 0.5) is 0 Å². The number of hydrogen-bond donors (Lipinski definition) is 2. The Hall–Kier alpha value is -2.89. The molecule has 0 saturated carbocycles. The van der Waals surface area contributed by atoms with Gasteiger partial charge in [-0.3, -0.25) is 14.4 Å². The monoisotopic (exact) mass is 485 g/mol. The second-order valence-electron chi connectivity index (χ2n) is 8.08. The molecule has 1 aliphatic carbocycles. The van der Waals surface area contributed by atoms with Gasteiger partial charge in [0.2, 0.25) is 0 Å². The van der Waals surface area contributed by atoms with E-state index in [0.717, 1.165) is 0 Å². The van der Waals surface area contributed by atoms with Crippen molar-refractivity contribution in [2.75, 3.05) is 6.54 Å². The van der Waals surface area contributed by atoms with Crippen LogP contribution in [0.5, 0.6) is 5.75 Å². The number of Topliss-reactive ketones (excluding diaryl/α,β-unsaturated/α-hetero) is 2. The highest BCUT2D eigenvalue weighted by Crippen LogP contribution is 2.40. The van der Waals surface area contributed by atoms with Crippen molar-refractivity contribution in [3.63, 3.8) is 0 Å². The van der Waals surface area contributed by atoms with E-state index in [1.165, 1.54) is 12.1 Å². The van der Waals surface area contributed by atoms with Gasteiger partial charge >= 0.3 is 0 Å². The molecule has 3 rings (SSSR count). The average Bonchev–Trinajstić information content (AvgIpc) is 2.79. The first kappa shape index (κ1) is 24.7. The summed E-state index contributed by atoms with van der Waals surface area (Å²) in [4.78, 5) is 38.4. The van der Waals surface area contributed by atoms with Crippen molar-refractivity contribution in [3.05, 3.63) is 85.9 Å². The number of aromatic hydroxyl groups is 1. The van der Waals surface area contributed by atoms with Gasteiger partial charge in [0.1, 0.15) is 5.75 Å². The first-order valence-electron chi connectivity index (χ1n) is 10.6. The summed E-state index contributed by atoms with van der Waals surface area (Å²) >= 11 is 12.7. The zero-order valence-electron chi connectivity index (χ0n) is 18.7. The molecule has 0 heterocycles. The third-order valence-corrected chi connectivity index (χ3v) is 6.60. The molecular formula is C26H25Cl2NO4. The van der Waals surface area contributed by atoms with E-state index in [2.05, 4.69) is 5.32 Å². The molecular weight excluding hydrogens is 461 g/mol. The Balaban J connectivity index is 1.86. The molecule has 0 aliphatic heterocycles. The fraction of sp³-hybridized carbons (Fsp3) is 0.269. The maximum absolute atomic E-state index is 13.2. The van der Waals surface area contributed by atoms with Crippen molar-refractivity contribution >= 4 is 40.7 Å². The fourth-order valence-corrected chi connectivity index (χ4v) is 4.47. The molecule has 2 N–H and O–H groups in total. The van der Waals surface area contributed by atoms with Gasteiger partial charge in [-0.2, -0.15) is 0 Å². The number of rotatable bonds is 7. The van der Waals surface area contributed by atoms with Crippen molar-refractivity contribution < 1.29 is 19.5 Å². The normalized spacial score (nSPS) is 15.2. The van der Waals surface area contributed by atoms with Crippen LogP contribution in [0.2, 0.25) is 10.0 Å². The number of halogens is 2. The highest BCUT2D eigenvalue weighted by atomic mass is 35.5. The highest BCUT2D eigenvalue weighted by Gasteiger charge is 2.34. The first-order chi connectivity index (χ1) is 15.6. The van der Waals surface area contributed by atoms with Gasteiger partial charge < -0.3 is 10.4 Å². The Bertz CT molecular complexity index is 1200. The minimum atomic E-state index is -0.460. The zero-order chi connectivity index (χ0) is 24.3.